The molecule has 1 aromatic rings. The van der Waals surface area contributed by atoms with Crippen molar-refractivity contribution in [1.29, 1.82) is 0 Å². The number of benzene rings is 1. The highest BCUT2D eigenvalue weighted by Gasteiger charge is 2.27. The molecule has 1 amide bonds. The SMILES string of the molecule is CSC1CCCCC1NC(=O)C(N)CCc1ccccc1. The Bertz CT molecular complexity index is 438. The molecule has 0 saturated heterocycles. The van der Waals surface area contributed by atoms with Gasteiger partial charge in [-0.15, -0.1) is 0 Å². The number of carbonyl (C=O) groups is 1. The van der Waals surface area contributed by atoms with Crippen LogP contribution in [0.3, 0.4) is 0 Å². The normalized spacial score (nSPS) is 23.5. The Morgan fingerprint density at radius 1 is 1.33 bits per heavy atom. The van der Waals surface area contributed by atoms with Gasteiger partial charge in [-0.05, 0) is 37.5 Å². The highest BCUT2D eigenvalue weighted by atomic mass is 32.2. The maximum absolute atomic E-state index is 12.2. The van der Waals surface area contributed by atoms with E-state index in [9.17, 15) is 4.79 Å². The van der Waals surface area contributed by atoms with E-state index in [4.69, 9.17) is 5.73 Å². The number of hydrogen-bond acceptors (Lipinski definition) is 3. The van der Waals surface area contributed by atoms with Crippen LogP contribution in [0, 0.1) is 0 Å². The molecule has 0 aromatic heterocycles. The van der Waals surface area contributed by atoms with E-state index in [1.54, 1.807) is 0 Å². The Kier molecular flexibility index (Phi) is 6.58. The van der Waals surface area contributed by atoms with Crippen LogP contribution in [0.5, 0.6) is 0 Å². The molecule has 1 fully saturated rings. The van der Waals surface area contributed by atoms with Crippen LogP contribution in [0.4, 0.5) is 0 Å². The minimum Gasteiger partial charge on any atom is -0.351 e. The van der Waals surface area contributed by atoms with Crippen molar-refractivity contribution in [2.75, 3.05) is 6.26 Å². The predicted molar refractivity (Wildman–Crippen MR) is 90.4 cm³/mol. The number of aryl methyl sites for hydroxylation is 1. The van der Waals surface area contributed by atoms with Crippen LogP contribution in [-0.2, 0) is 11.2 Å². The topological polar surface area (TPSA) is 55.1 Å². The summed E-state index contributed by atoms with van der Waals surface area (Å²) in [7, 11) is 0. The number of nitrogens with two attached hydrogens (primary N) is 1. The summed E-state index contributed by atoms with van der Waals surface area (Å²) in [6, 6.07) is 10.1. The molecule has 0 radical (unpaired) electrons. The standard InChI is InChI=1S/C17H26N2OS/c1-21-16-10-6-5-9-15(16)19-17(20)14(18)12-11-13-7-3-2-4-8-13/h2-4,7-8,14-16H,5-6,9-12,18H2,1H3,(H,19,20). The van der Waals surface area contributed by atoms with Gasteiger partial charge in [-0.25, -0.2) is 0 Å². The van der Waals surface area contributed by atoms with Gasteiger partial charge in [-0.1, -0.05) is 43.2 Å². The van der Waals surface area contributed by atoms with Gasteiger partial charge >= 0.3 is 0 Å². The lowest BCUT2D eigenvalue weighted by Gasteiger charge is -2.31. The molecular weight excluding hydrogens is 280 g/mol. The summed E-state index contributed by atoms with van der Waals surface area (Å²) >= 11 is 1.86. The minimum atomic E-state index is -0.408. The molecule has 2 rings (SSSR count). The Hall–Kier alpha value is -1.00. The number of amides is 1. The molecule has 1 aromatic carbocycles. The second kappa shape index (κ2) is 8.44. The van der Waals surface area contributed by atoms with Crippen molar-refractivity contribution in [3.05, 3.63) is 35.9 Å². The monoisotopic (exact) mass is 306 g/mol. The zero-order valence-corrected chi connectivity index (χ0v) is 13.6. The first kappa shape index (κ1) is 16.4. The van der Waals surface area contributed by atoms with Crippen LogP contribution in [0.2, 0.25) is 0 Å². The highest BCUT2D eigenvalue weighted by molar-refractivity contribution is 7.99. The quantitative estimate of drug-likeness (QED) is 0.849. The van der Waals surface area contributed by atoms with E-state index in [0.717, 1.165) is 12.8 Å². The largest absolute Gasteiger partial charge is 0.351 e. The number of rotatable bonds is 6. The van der Waals surface area contributed by atoms with E-state index < -0.39 is 6.04 Å². The lowest BCUT2D eigenvalue weighted by Crippen LogP contribution is -2.50. The van der Waals surface area contributed by atoms with Crippen LogP contribution >= 0.6 is 11.8 Å². The first-order valence-corrected chi connectivity index (χ1v) is 9.12. The summed E-state index contributed by atoms with van der Waals surface area (Å²) in [5.41, 5.74) is 7.29. The molecule has 3 atom stereocenters. The summed E-state index contributed by atoms with van der Waals surface area (Å²) in [5, 5.41) is 3.72. The summed E-state index contributed by atoms with van der Waals surface area (Å²) in [5.74, 6) is 0.0110. The molecular formula is C17H26N2OS. The second-order valence-electron chi connectivity index (χ2n) is 5.80. The van der Waals surface area contributed by atoms with Gasteiger partial charge in [-0.3, -0.25) is 4.79 Å². The molecule has 3 nitrogen and oxygen atoms in total. The van der Waals surface area contributed by atoms with Crippen molar-refractivity contribution in [3.8, 4) is 0 Å². The summed E-state index contributed by atoms with van der Waals surface area (Å²) < 4.78 is 0. The molecule has 3 N–H and O–H groups in total. The van der Waals surface area contributed by atoms with Crippen LogP contribution in [0.25, 0.3) is 0 Å². The number of hydrogen-bond donors (Lipinski definition) is 2. The van der Waals surface area contributed by atoms with Crippen LogP contribution in [-0.4, -0.2) is 29.5 Å². The number of thioether (sulfide) groups is 1. The van der Waals surface area contributed by atoms with Crippen molar-refractivity contribution < 1.29 is 4.79 Å². The van der Waals surface area contributed by atoms with Crippen molar-refractivity contribution in [3.63, 3.8) is 0 Å². The maximum Gasteiger partial charge on any atom is 0.237 e. The van der Waals surface area contributed by atoms with Crippen molar-refractivity contribution >= 4 is 17.7 Å². The predicted octanol–water partition coefficient (Wildman–Crippen LogP) is 2.74. The molecule has 1 aliphatic carbocycles. The third kappa shape index (κ3) is 5.04. The van der Waals surface area contributed by atoms with Gasteiger partial charge in [0, 0.05) is 11.3 Å². The van der Waals surface area contributed by atoms with E-state index in [-0.39, 0.29) is 5.91 Å². The van der Waals surface area contributed by atoms with E-state index in [1.807, 2.05) is 30.0 Å². The average Bonchev–Trinajstić information content (AvgIpc) is 2.54. The second-order valence-corrected chi connectivity index (χ2v) is 6.88. The average molecular weight is 306 g/mol. The smallest absolute Gasteiger partial charge is 0.237 e. The van der Waals surface area contributed by atoms with Crippen molar-refractivity contribution in [1.82, 2.24) is 5.32 Å². The van der Waals surface area contributed by atoms with Crippen molar-refractivity contribution in [2.24, 2.45) is 5.73 Å². The zero-order chi connectivity index (χ0) is 15.1. The molecule has 116 valence electrons. The highest BCUT2D eigenvalue weighted by Crippen LogP contribution is 2.27. The molecule has 0 spiro atoms. The van der Waals surface area contributed by atoms with Crippen LogP contribution in [0.1, 0.15) is 37.7 Å². The first-order chi connectivity index (χ1) is 10.2. The summed E-state index contributed by atoms with van der Waals surface area (Å²) in [6.45, 7) is 0. The Morgan fingerprint density at radius 2 is 2.05 bits per heavy atom. The van der Waals surface area contributed by atoms with Crippen molar-refractivity contribution in [2.45, 2.75) is 55.9 Å². The third-order valence-electron chi connectivity index (χ3n) is 4.26. The fourth-order valence-corrected chi connectivity index (χ4v) is 3.87. The molecule has 0 heterocycles. The zero-order valence-electron chi connectivity index (χ0n) is 12.8. The number of carbonyl (C=O) groups excluding carboxylic acids is 1. The lowest BCUT2D eigenvalue weighted by atomic mass is 9.94. The van der Waals surface area contributed by atoms with E-state index in [0.29, 0.717) is 17.7 Å². The Morgan fingerprint density at radius 3 is 2.76 bits per heavy atom. The molecule has 4 heteroatoms. The maximum atomic E-state index is 12.2. The third-order valence-corrected chi connectivity index (χ3v) is 5.43. The van der Waals surface area contributed by atoms with Gasteiger partial charge in [0.15, 0.2) is 0 Å². The van der Waals surface area contributed by atoms with E-state index in [1.165, 1.54) is 24.8 Å². The Labute approximate surface area is 132 Å². The van der Waals surface area contributed by atoms with E-state index in [2.05, 4.69) is 23.7 Å². The summed E-state index contributed by atoms with van der Waals surface area (Å²) in [6.07, 6.45) is 8.45. The molecule has 3 unspecified atom stereocenters. The van der Waals surface area contributed by atoms with Gasteiger partial charge < -0.3 is 11.1 Å². The number of nitrogens with one attached hydrogen (secondary N) is 1. The fraction of sp³-hybridized carbons (Fsp3) is 0.588. The Balaban J connectivity index is 1.79. The van der Waals surface area contributed by atoms with Gasteiger partial charge in [-0.2, -0.15) is 11.8 Å². The minimum absolute atomic E-state index is 0.0110. The van der Waals surface area contributed by atoms with Gasteiger partial charge in [0.1, 0.15) is 0 Å². The van der Waals surface area contributed by atoms with Gasteiger partial charge in [0.25, 0.3) is 0 Å². The van der Waals surface area contributed by atoms with Crippen LogP contribution < -0.4 is 11.1 Å². The summed E-state index contributed by atoms with van der Waals surface area (Å²) in [4.78, 5) is 12.2. The molecule has 21 heavy (non-hydrogen) atoms. The molecule has 1 saturated carbocycles. The molecule has 0 aliphatic heterocycles. The lowest BCUT2D eigenvalue weighted by molar-refractivity contribution is -0.123. The van der Waals surface area contributed by atoms with Gasteiger partial charge in [0.2, 0.25) is 5.91 Å². The fourth-order valence-electron chi connectivity index (χ4n) is 2.93. The van der Waals surface area contributed by atoms with Crippen LogP contribution in [0.15, 0.2) is 30.3 Å². The molecule has 1 aliphatic rings. The van der Waals surface area contributed by atoms with Gasteiger partial charge in [0.05, 0.1) is 6.04 Å². The molecule has 0 bridgehead atoms. The first-order valence-electron chi connectivity index (χ1n) is 7.83. The van der Waals surface area contributed by atoms with E-state index >= 15 is 0 Å².